The minimum Gasteiger partial charge on any atom is -0.497 e. The van der Waals surface area contributed by atoms with Gasteiger partial charge < -0.3 is 4.74 Å². The second kappa shape index (κ2) is 6.58. The lowest BCUT2D eigenvalue weighted by atomic mass is 10.1. The molecule has 3 aromatic rings. The van der Waals surface area contributed by atoms with Crippen LogP contribution in [0.2, 0.25) is 0 Å². The molecule has 0 spiro atoms. The van der Waals surface area contributed by atoms with E-state index in [2.05, 4.69) is 15.5 Å². The Labute approximate surface area is 138 Å². The molecule has 0 atom stereocenters. The number of carbonyl (C=O) groups excluding carboxylic acids is 1. The first-order valence-corrected chi connectivity index (χ1v) is 7.84. The van der Waals surface area contributed by atoms with E-state index in [1.807, 2.05) is 49.4 Å². The summed E-state index contributed by atoms with van der Waals surface area (Å²) in [4.78, 5) is 12.3. The summed E-state index contributed by atoms with van der Waals surface area (Å²) in [6.07, 6.45) is 0. The Kier molecular flexibility index (Phi) is 4.34. The number of aryl methyl sites for hydroxylation is 1. The molecule has 0 fully saturated rings. The predicted octanol–water partition coefficient (Wildman–Crippen LogP) is 3.77. The molecule has 0 aliphatic rings. The number of amides is 1. The zero-order valence-electron chi connectivity index (χ0n) is 12.7. The zero-order valence-corrected chi connectivity index (χ0v) is 13.6. The van der Waals surface area contributed by atoms with E-state index < -0.39 is 0 Å². The average Bonchev–Trinajstić information content (AvgIpc) is 3.03. The van der Waals surface area contributed by atoms with Crippen LogP contribution in [0.3, 0.4) is 0 Å². The monoisotopic (exact) mass is 325 g/mol. The molecule has 6 heteroatoms. The van der Waals surface area contributed by atoms with Crippen LogP contribution >= 0.6 is 11.3 Å². The summed E-state index contributed by atoms with van der Waals surface area (Å²) in [5, 5.41) is 12.2. The molecule has 0 bridgehead atoms. The van der Waals surface area contributed by atoms with Crippen LogP contribution in [0.25, 0.3) is 10.6 Å². The summed E-state index contributed by atoms with van der Waals surface area (Å²) in [7, 11) is 1.62. The number of methoxy groups -OCH3 is 1. The number of nitrogens with zero attached hydrogens (tertiary/aromatic N) is 2. The molecule has 23 heavy (non-hydrogen) atoms. The van der Waals surface area contributed by atoms with Crippen molar-refractivity contribution in [3.8, 4) is 16.3 Å². The molecular weight excluding hydrogens is 310 g/mol. The Morgan fingerprint density at radius 3 is 2.74 bits per heavy atom. The third kappa shape index (κ3) is 3.37. The maximum atomic E-state index is 12.3. The molecule has 0 aliphatic carbocycles. The van der Waals surface area contributed by atoms with Crippen molar-refractivity contribution in [1.82, 2.24) is 10.2 Å². The van der Waals surface area contributed by atoms with Crippen molar-refractivity contribution in [1.29, 1.82) is 0 Å². The molecule has 5 nitrogen and oxygen atoms in total. The van der Waals surface area contributed by atoms with Crippen LogP contribution in [0.1, 0.15) is 15.9 Å². The zero-order chi connectivity index (χ0) is 16.2. The van der Waals surface area contributed by atoms with Gasteiger partial charge in [0, 0.05) is 11.1 Å². The Bertz CT molecular complexity index is 845. The highest BCUT2D eigenvalue weighted by Crippen LogP contribution is 2.29. The van der Waals surface area contributed by atoms with Crippen molar-refractivity contribution < 1.29 is 9.53 Å². The van der Waals surface area contributed by atoms with Crippen LogP contribution < -0.4 is 10.1 Å². The highest BCUT2D eigenvalue weighted by atomic mass is 32.1. The third-order valence-corrected chi connectivity index (χ3v) is 4.24. The quantitative estimate of drug-likeness (QED) is 0.793. The van der Waals surface area contributed by atoms with Gasteiger partial charge in [0.1, 0.15) is 10.8 Å². The van der Waals surface area contributed by atoms with Gasteiger partial charge in [-0.05, 0) is 30.7 Å². The predicted molar refractivity (Wildman–Crippen MR) is 91.0 cm³/mol. The number of benzene rings is 2. The lowest BCUT2D eigenvalue weighted by Gasteiger charge is -2.04. The highest BCUT2D eigenvalue weighted by Gasteiger charge is 2.13. The Hall–Kier alpha value is -2.73. The smallest absolute Gasteiger partial charge is 0.257 e. The van der Waals surface area contributed by atoms with Crippen molar-refractivity contribution in [3.63, 3.8) is 0 Å². The molecule has 1 N–H and O–H groups in total. The van der Waals surface area contributed by atoms with Crippen LogP contribution in [-0.4, -0.2) is 23.2 Å². The van der Waals surface area contributed by atoms with Crippen LogP contribution in [0.4, 0.5) is 5.13 Å². The van der Waals surface area contributed by atoms with Gasteiger partial charge in [-0.3, -0.25) is 10.1 Å². The van der Waals surface area contributed by atoms with Crippen molar-refractivity contribution >= 4 is 22.4 Å². The Morgan fingerprint density at radius 2 is 1.96 bits per heavy atom. The Balaban J connectivity index is 1.79. The molecule has 0 unspecified atom stereocenters. The number of carbonyl (C=O) groups is 1. The number of hydrogen-bond donors (Lipinski definition) is 1. The summed E-state index contributed by atoms with van der Waals surface area (Å²) >= 11 is 1.32. The minimum absolute atomic E-state index is 0.184. The normalized spacial score (nSPS) is 10.3. The van der Waals surface area contributed by atoms with Gasteiger partial charge in [-0.2, -0.15) is 0 Å². The van der Waals surface area contributed by atoms with Crippen molar-refractivity contribution in [3.05, 3.63) is 59.7 Å². The van der Waals surface area contributed by atoms with Gasteiger partial charge in [-0.15, -0.1) is 10.2 Å². The van der Waals surface area contributed by atoms with E-state index >= 15 is 0 Å². The van der Waals surface area contributed by atoms with Crippen molar-refractivity contribution in [2.75, 3.05) is 12.4 Å². The lowest BCUT2D eigenvalue weighted by molar-refractivity contribution is 0.102. The van der Waals surface area contributed by atoms with Crippen LogP contribution in [-0.2, 0) is 0 Å². The molecule has 1 aromatic heterocycles. The van der Waals surface area contributed by atoms with Crippen molar-refractivity contribution in [2.24, 2.45) is 0 Å². The van der Waals surface area contributed by atoms with Crippen LogP contribution in [0.15, 0.2) is 48.5 Å². The first-order valence-electron chi connectivity index (χ1n) is 7.02. The largest absolute Gasteiger partial charge is 0.497 e. The second-order valence-corrected chi connectivity index (χ2v) is 5.89. The average molecular weight is 325 g/mol. The van der Waals surface area contributed by atoms with E-state index in [-0.39, 0.29) is 5.91 Å². The molecular formula is C17H15N3O2S. The summed E-state index contributed by atoms with van der Waals surface area (Å²) in [6, 6.07) is 15.0. The van der Waals surface area contributed by atoms with E-state index in [9.17, 15) is 4.79 Å². The Morgan fingerprint density at radius 1 is 1.13 bits per heavy atom. The number of ether oxygens (including phenoxy) is 1. The van der Waals surface area contributed by atoms with Gasteiger partial charge in [-0.25, -0.2) is 0 Å². The second-order valence-electron chi connectivity index (χ2n) is 4.91. The van der Waals surface area contributed by atoms with Gasteiger partial charge in [0.05, 0.1) is 7.11 Å². The first-order chi connectivity index (χ1) is 11.2. The lowest BCUT2D eigenvalue weighted by Crippen LogP contribution is -2.12. The van der Waals surface area contributed by atoms with Gasteiger partial charge in [0.15, 0.2) is 0 Å². The SMILES string of the molecule is COc1cccc(-c2nnc(NC(=O)c3ccccc3C)s2)c1. The summed E-state index contributed by atoms with van der Waals surface area (Å²) < 4.78 is 5.21. The summed E-state index contributed by atoms with van der Waals surface area (Å²) in [5.41, 5.74) is 2.45. The minimum atomic E-state index is -0.184. The number of hydrogen-bond acceptors (Lipinski definition) is 5. The van der Waals surface area contributed by atoms with E-state index in [1.54, 1.807) is 13.2 Å². The van der Waals surface area contributed by atoms with Gasteiger partial charge >= 0.3 is 0 Å². The third-order valence-electron chi connectivity index (χ3n) is 3.35. The number of anilines is 1. The van der Waals surface area contributed by atoms with Gasteiger partial charge in [0.2, 0.25) is 5.13 Å². The summed E-state index contributed by atoms with van der Waals surface area (Å²) in [5.74, 6) is 0.569. The van der Waals surface area contributed by atoms with Gasteiger partial charge in [-0.1, -0.05) is 41.7 Å². The van der Waals surface area contributed by atoms with Gasteiger partial charge in [0.25, 0.3) is 5.91 Å². The molecule has 0 radical (unpaired) electrons. The molecule has 116 valence electrons. The van der Waals surface area contributed by atoms with E-state index in [4.69, 9.17) is 4.74 Å². The van der Waals surface area contributed by atoms with E-state index in [0.717, 1.165) is 21.9 Å². The van der Waals surface area contributed by atoms with Crippen molar-refractivity contribution in [2.45, 2.75) is 6.92 Å². The van der Waals surface area contributed by atoms with Crippen LogP contribution in [0, 0.1) is 6.92 Å². The molecule has 3 rings (SSSR count). The molecule has 1 amide bonds. The maximum Gasteiger partial charge on any atom is 0.257 e. The van der Waals surface area contributed by atoms with E-state index in [0.29, 0.717) is 10.7 Å². The highest BCUT2D eigenvalue weighted by molar-refractivity contribution is 7.18. The summed E-state index contributed by atoms with van der Waals surface area (Å²) in [6.45, 7) is 1.90. The van der Waals surface area contributed by atoms with Crippen LogP contribution in [0.5, 0.6) is 5.75 Å². The fraction of sp³-hybridized carbons (Fsp3) is 0.118. The molecule has 0 saturated carbocycles. The molecule has 0 saturated heterocycles. The topological polar surface area (TPSA) is 64.1 Å². The molecule has 0 aliphatic heterocycles. The standard InChI is InChI=1S/C17H15N3O2S/c1-11-6-3-4-9-14(11)15(21)18-17-20-19-16(23-17)12-7-5-8-13(10-12)22-2/h3-10H,1-2H3,(H,18,20,21). The number of aromatic nitrogens is 2. The molecule has 1 heterocycles. The molecule has 2 aromatic carbocycles. The number of rotatable bonds is 4. The fourth-order valence-electron chi connectivity index (χ4n) is 2.14. The maximum absolute atomic E-state index is 12.3. The number of nitrogens with one attached hydrogen (secondary N) is 1. The first kappa shape index (κ1) is 15.2. The van der Waals surface area contributed by atoms with E-state index in [1.165, 1.54) is 11.3 Å². The fourth-order valence-corrected chi connectivity index (χ4v) is 2.87.